The SMILES string of the molecule is CCOP([O-])(=S)Oc1cnn(-c2ccc(Cl)cc2)c1.[Na+]. The van der Waals surface area contributed by atoms with Crippen molar-refractivity contribution in [2.45, 2.75) is 6.92 Å². The molecule has 0 N–H and O–H groups in total. The van der Waals surface area contributed by atoms with E-state index in [1.807, 2.05) is 0 Å². The minimum absolute atomic E-state index is 0. The van der Waals surface area contributed by atoms with Gasteiger partial charge in [-0.3, -0.25) is 0 Å². The van der Waals surface area contributed by atoms with Crippen LogP contribution in [-0.2, 0) is 16.3 Å². The topological polar surface area (TPSA) is 59.3 Å². The number of benzene rings is 1. The summed E-state index contributed by atoms with van der Waals surface area (Å²) in [4.78, 5) is 11.7. The van der Waals surface area contributed by atoms with Gasteiger partial charge in [-0.05, 0) is 43.0 Å². The molecule has 0 aliphatic carbocycles. The average Bonchev–Trinajstić information content (AvgIpc) is 2.77. The van der Waals surface area contributed by atoms with Gasteiger partial charge in [0.05, 0.1) is 24.7 Å². The van der Waals surface area contributed by atoms with E-state index in [4.69, 9.17) is 32.5 Å². The van der Waals surface area contributed by atoms with Crippen molar-refractivity contribution in [3.8, 4) is 11.4 Å². The van der Waals surface area contributed by atoms with Gasteiger partial charge in [0.2, 0.25) is 0 Å². The molecule has 0 saturated heterocycles. The smallest absolute Gasteiger partial charge is 0.770 e. The zero-order valence-corrected chi connectivity index (χ0v) is 15.5. The van der Waals surface area contributed by atoms with Crippen molar-refractivity contribution in [1.29, 1.82) is 0 Å². The van der Waals surface area contributed by atoms with Crippen LogP contribution in [0.5, 0.6) is 5.75 Å². The summed E-state index contributed by atoms with van der Waals surface area (Å²) in [6, 6.07) is 7.10. The third kappa shape index (κ3) is 5.13. The van der Waals surface area contributed by atoms with E-state index in [2.05, 4.69) is 5.10 Å². The Labute approximate surface area is 149 Å². The molecule has 0 saturated carbocycles. The molecule has 0 fully saturated rings. The van der Waals surface area contributed by atoms with Crippen molar-refractivity contribution < 1.29 is 43.5 Å². The number of hydrogen-bond donors (Lipinski definition) is 0. The molecule has 0 aliphatic heterocycles. The third-order valence-corrected chi connectivity index (χ3v) is 3.96. The number of nitrogens with zero attached hydrogens (tertiary/aromatic N) is 2. The molecule has 1 unspecified atom stereocenters. The summed E-state index contributed by atoms with van der Waals surface area (Å²) < 4.78 is 11.5. The molecule has 5 nitrogen and oxygen atoms in total. The van der Waals surface area contributed by atoms with Crippen LogP contribution in [0.25, 0.3) is 5.69 Å². The van der Waals surface area contributed by atoms with Crippen LogP contribution in [0.1, 0.15) is 6.92 Å². The Kier molecular flexibility index (Phi) is 7.18. The molecule has 1 heterocycles. The fraction of sp³-hybridized carbons (Fsp3) is 0.182. The van der Waals surface area contributed by atoms with Crippen molar-refractivity contribution in [1.82, 2.24) is 9.78 Å². The van der Waals surface area contributed by atoms with Crippen molar-refractivity contribution in [2.75, 3.05) is 6.61 Å². The first-order valence-electron chi connectivity index (χ1n) is 5.46. The second kappa shape index (κ2) is 7.92. The van der Waals surface area contributed by atoms with Crippen LogP contribution in [0.2, 0.25) is 5.02 Å². The largest absolute Gasteiger partial charge is 1.00 e. The third-order valence-electron chi connectivity index (χ3n) is 2.15. The van der Waals surface area contributed by atoms with Gasteiger partial charge in [-0.2, -0.15) is 5.10 Å². The molecule has 0 spiro atoms. The standard InChI is InChI=1S/C11H12ClN2O3PS.Na/c1-2-16-18(15,19)17-11-7-13-14(8-11)10-5-3-9(12)4-6-10;/h3-8H,2H2,1H3,(H,15,19);/q;+1/p-1. The Morgan fingerprint density at radius 1 is 1.40 bits per heavy atom. The molecule has 20 heavy (non-hydrogen) atoms. The maximum Gasteiger partial charge on any atom is 1.00 e. The first kappa shape index (κ1) is 18.1. The van der Waals surface area contributed by atoms with Crippen LogP contribution in [0.15, 0.2) is 36.7 Å². The average molecular weight is 341 g/mol. The van der Waals surface area contributed by atoms with E-state index in [1.165, 1.54) is 6.20 Å². The van der Waals surface area contributed by atoms with Crippen molar-refractivity contribution in [3.63, 3.8) is 0 Å². The van der Waals surface area contributed by atoms with Gasteiger partial charge in [-0.15, -0.1) is 0 Å². The number of hydrogen-bond acceptors (Lipinski definition) is 5. The van der Waals surface area contributed by atoms with Crippen molar-refractivity contribution in [3.05, 3.63) is 41.7 Å². The summed E-state index contributed by atoms with van der Waals surface area (Å²) in [6.07, 6.45) is 2.99. The molecule has 1 aromatic carbocycles. The molecule has 0 aliphatic rings. The number of aromatic nitrogens is 2. The molecule has 0 amide bonds. The first-order valence-corrected chi connectivity index (χ1v) is 8.39. The molecular formula is C11H11ClN2NaO3PS. The predicted molar refractivity (Wildman–Crippen MR) is 75.1 cm³/mol. The Morgan fingerprint density at radius 3 is 2.65 bits per heavy atom. The first-order chi connectivity index (χ1) is 9.00. The molecule has 2 rings (SSSR count). The monoisotopic (exact) mass is 340 g/mol. The molecule has 9 heteroatoms. The normalized spacial score (nSPS) is 13.3. The van der Waals surface area contributed by atoms with E-state index in [1.54, 1.807) is 42.1 Å². The van der Waals surface area contributed by atoms with E-state index in [0.29, 0.717) is 10.8 Å². The zero-order valence-electron chi connectivity index (χ0n) is 11.0. The second-order valence-electron chi connectivity index (χ2n) is 3.55. The van der Waals surface area contributed by atoms with E-state index < -0.39 is 6.72 Å². The van der Waals surface area contributed by atoms with Gasteiger partial charge >= 0.3 is 29.6 Å². The molecule has 2 aromatic rings. The molecule has 0 radical (unpaired) electrons. The zero-order chi connectivity index (χ0) is 13.9. The van der Waals surface area contributed by atoms with Gasteiger partial charge in [-0.25, -0.2) is 4.68 Å². The van der Waals surface area contributed by atoms with Crippen molar-refractivity contribution in [2.24, 2.45) is 0 Å². The van der Waals surface area contributed by atoms with Crippen LogP contribution in [0.4, 0.5) is 0 Å². The maximum atomic E-state index is 11.7. The Hall–Kier alpha value is 0.0900. The summed E-state index contributed by atoms with van der Waals surface area (Å²) in [5.41, 5.74) is 0.801. The predicted octanol–water partition coefficient (Wildman–Crippen LogP) is -0.470. The van der Waals surface area contributed by atoms with Crippen LogP contribution < -0.4 is 39.0 Å². The summed E-state index contributed by atoms with van der Waals surface area (Å²) in [6.45, 7) is -1.57. The van der Waals surface area contributed by atoms with Gasteiger partial charge < -0.3 is 13.9 Å². The summed E-state index contributed by atoms with van der Waals surface area (Å²) in [5, 5.41) is 4.72. The summed E-state index contributed by atoms with van der Waals surface area (Å²) in [5.74, 6) is 0.293. The van der Waals surface area contributed by atoms with Gasteiger partial charge in [-0.1, -0.05) is 11.6 Å². The summed E-state index contributed by atoms with van der Waals surface area (Å²) in [7, 11) is 0. The van der Waals surface area contributed by atoms with Crippen LogP contribution in [0.3, 0.4) is 0 Å². The van der Waals surface area contributed by atoms with E-state index >= 15 is 0 Å². The Bertz CT molecular complexity index is 608. The number of rotatable bonds is 5. The van der Waals surface area contributed by atoms with Crippen LogP contribution in [-0.4, -0.2) is 16.4 Å². The van der Waals surface area contributed by atoms with Crippen molar-refractivity contribution >= 4 is 30.1 Å². The number of halogens is 1. The summed E-state index contributed by atoms with van der Waals surface area (Å²) >= 11 is 10.5. The second-order valence-corrected chi connectivity index (χ2v) is 6.67. The minimum Gasteiger partial charge on any atom is -0.770 e. The molecular weight excluding hydrogens is 330 g/mol. The molecule has 102 valence electrons. The van der Waals surface area contributed by atoms with E-state index in [9.17, 15) is 4.89 Å². The quantitative estimate of drug-likeness (QED) is 0.544. The Morgan fingerprint density at radius 2 is 2.05 bits per heavy atom. The van der Waals surface area contributed by atoms with E-state index in [0.717, 1.165) is 5.69 Å². The van der Waals surface area contributed by atoms with Crippen LogP contribution in [0, 0.1) is 0 Å². The Balaban J connectivity index is 0.00000200. The molecule has 1 aromatic heterocycles. The fourth-order valence-electron chi connectivity index (χ4n) is 1.40. The maximum absolute atomic E-state index is 11.7. The van der Waals surface area contributed by atoms with Gasteiger partial charge in [0.15, 0.2) is 12.5 Å². The van der Waals surface area contributed by atoms with E-state index in [-0.39, 0.29) is 36.2 Å². The molecule has 1 atom stereocenters. The minimum atomic E-state index is -3.49. The van der Waals surface area contributed by atoms with Gasteiger partial charge in [0, 0.05) is 5.02 Å². The van der Waals surface area contributed by atoms with Gasteiger partial charge in [0.1, 0.15) is 0 Å². The van der Waals surface area contributed by atoms with Gasteiger partial charge in [0.25, 0.3) is 0 Å². The molecule has 0 bridgehead atoms. The van der Waals surface area contributed by atoms with Crippen LogP contribution >= 0.6 is 18.3 Å². The fourth-order valence-corrected chi connectivity index (χ4v) is 2.82.